The Morgan fingerprint density at radius 3 is 2.88 bits per heavy atom. The molecule has 0 bridgehead atoms. The monoisotopic (exact) mass is 338 g/mol. The fourth-order valence-corrected chi connectivity index (χ4v) is 2.25. The van der Waals surface area contributed by atoms with Gasteiger partial charge in [0.1, 0.15) is 5.75 Å². The van der Waals surface area contributed by atoms with Crippen molar-refractivity contribution in [3.63, 3.8) is 0 Å². The van der Waals surface area contributed by atoms with E-state index < -0.39 is 0 Å². The fraction of sp³-hybridized carbons (Fsp3) is 0.222. The van der Waals surface area contributed by atoms with Crippen molar-refractivity contribution in [1.82, 2.24) is 20.4 Å². The van der Waals surface area contributed by atoms with Gasteiger partial charge in [-0.25, -0.2) is 0 Å². The van der Waals surface area contributed by atoms with Crippen LogP contribution < -0.4 is 10.1 Å². The fourth-order valence-electron chi connectivity index (χ4n) is 2.25. The highest BCUT2D eigenvalue weighted by molar-refractivity contribution is 5.76. The molecule has 0 saturated heterocycles. The molecule has 0 fully saturated rings. The smallest absolute Gasteiger partial charge is 0.227 e. The maximum atomic E-state index is 11.9. The Morgan fingerprint density at radius 2 is 2.08 bits per heavy atom. The number of carbonyl (C=O) groups excluding carboxylic acids is 1. The van der Waals surface area contributed by atoms with E-state index in [1.54, 1.807) is 19.5 Å². The van der Waals surface area contributed by atoms with Gasteiger partial charge in [-0.15, -0.1) is 0 Å². The zero-order valence-corrected chi connectivity index (χ0v) is 13.8. The van der Waals surface area contributed by atoms with Crippen molar-refractivity contribution < 1.29 is 14.1 Å². The lowest BCUT2D eigenvalue weighted by atomic mass is 10.2. The zero-order chi connectivity index (χ0) is 17.5. The lowest BCUT2D eigenvalue weighted by molar-refractivity contribution is -0.121. The molecule has 0 unspecified atom stereocenters. The van der Waals surface area contributed by atoms with E-state index >= 15 is 0 Å². The standard InChI is InChI=1S/C18H18N4O3/c1-24-15-4-2-3-14(11-15)18-21-17(25-22-18)6-5-16(23)20-12-13-7-9-19-10-8-13/h2-4,7-11H,5-6,12H2,1H3,(H,20,23). The molecule has 128 valence electrons. The number of hydrogen-bond donors (Lipinski definition) is 1. The van der Waals surface area contributed by atoms with Crippen LogP contribution in [0.25, 0.3) is 11.4 Å². The number of aryl methyl sites for hydroxylation is 1. The van der Waals surface area contributed by atoms with Crippen molar-refractivity contribution >= 4 is 5.91 Å². The van der Waals surface area contributed by atoms with Gasteiger partial charge in [0.25, 0.3) is 0 Å². The Kier molecular flexibility index (Phi) is 5.36. The number of amides is 1. The second kappa shape index (κ2) is 8.05. The molecule has 0 aliphatic rings. The van der Waals surface area contributed by atoms with Crippen LogP contribution in [0.1, 0.15) is 17.9 Å². The van der Waals surface area contributed by atoms with E-state index in [9.17, 15) is 4.79 Å². The minimum atomic E-state index is -0.0713. The quantitative estimate of drug-likeness (QED) is 0.711. The number of hydrogen-bond acceptors (Lipinski definition) is 6. The maximum absolute atomic E-state index is 11.9. The second-order valence-corrected chi connectivity index (χ2v) is 5.38. The summed E-state index contributed by atoms with van der Waals surface area (Å²) in [6.45, 7) is 0.472. The Bertz CT molecular complexity index is 833. The van der Waals surface area contributed by atoms with Crippen LogP contribution in [0, 0.1) is 0 Å². The average Bonchev–Trinajstić information content (AvgIpc) is 3.15. The van der Waals surface area contributed by atoms with Gasteiger partial charge in [-0.05, 0) is 29.8 Å². The first-order valence-electron chi connectivity index (χ1n) is 7.87. The molecule has 0 aliphatic carbocycles. The van der Waals surface area contributed by atoms with E-state index in [0.29, 0.717) is 24.7 Å². The summed E-state index contributed by atoms with van der Waals surface area (Å²) in [5.74, 6) is 1.56. The highest BCUT2D eigenvalue weighted by atomic mass is 16.5. The minimum Gasteiger partial charge on any atom is -0.497 e. The molecule has 7 heteroatoms. The van der Waals surface area contributed by atoms with Gasteiger partial charge in [-0.1, -0.05) is 17.3 Å². The summed E-state index contributed by atoms with van der Waals surface area (Å²) >= 11 is 0. The molecule has 25 heavy (non-hydrogen) atoms. The van der Waals surface area contributed by atoms with Gasteiger partial charge in [0, 0.05) is 37.3 Å². The number of benzene rings is 1. The molecule has 1 N–H and O–H groups in total. The van der Waals surface area contributed by atoms with E-state index in [1.807, 2.05) is 36.4 Å². The highest BCUT2D eigenvalue weighted by Gasteiger charge is 2.11. The van der Waals surface area contributed by atoms with E-state index in [-0.39, 0.29) is 12.3 Å². The molecule has 3 rings (SSSR count). The van der Waals surface area contributed by atoms with E-state index in [0.717, 1.165) is 16.9 Å². The summed E-state index contributed by atoms with van der Waals surface area (Å²) < 4.78 is 10.4. The Hall–Kier alpha value is -3.22. The molecule has 0 aliphatic heterocycles. The molecule has 0 spiro atoms. The molecule has 1 aromatic carbocycles. The first-order valence-corrected chi connectivity index (χ1v) is 7.87. The van der Waals surface area contributed by atoms with Gasteiger partial charge in [-0.2, -0.15) is 4.98 Å². The molecule has 2 aromatic heterocycles. The van der Waals surface area contributed by atoms with Crippen molar-refractivity contribution in [1.29, 1.82) is 0 Å². The van der Waals surface area contributed by atoms with Gasteiger partial charge in [0.15, 0.2) is 0 Å². The molecule has 0 atom stereocenters. The molecule has 7 nitrogen and oxygen atoms in total. The van der Waals surface area contributed by atoms with Crippen LogP contribution in [0.2, 0.25) is 0 Å². The van der Waals surface area contributed by atoms with Crippen molar-refractivity contribution in [3.8, 4) is 17.1 Å². The largest absolute Gasteiger partial charge is 0.497 e. The van der Waals surface area contributed by atoms with Gasteiger partial charge < -0.3 is 14.6 Å². The summed E-state index contributed by atoms with van der Waals surface area (Å²) in [6.07, 6.45) is 4.06. The molecule has 1 amide bonds. The molecule has 2 heterocycles. The summed E-state index contributed by atoms with van der Waals surface area (Å²) in [7, 11) is 1.60. The third-order valence-corrected chi connectivity index (χ3v) is 3.60. The van der Waals surface area contributed by atoms with Crippen molar-refractivity contribution in [2.24, 2.45) is 0 Å². The van der Waals surface area contributed by atoms with E-state index in [2.05, 4.69) is 20.4 Å². The molecular weight excluding hydrogens is 320 g/mol. The van der Waals surface area contributed by atoms with E-state index in [4.69, 9.17) is 9.26 Å². The number of nitrogens with zero attached hydrogens (tertiary/aromatic N) is 3. The normalized spacial score (nSPS) is 10.4. The summed E-state index contributed by atoms with van der Waals surface area (Å²) in [5, 5.41) is 6.80. The third-order valence-electron chi connectivity index (χ3n) is 3.60. The lowest BCUT2D eigenvalue weighted by Crippen LogP contribution is -2.23. The van der Waals surface area contributed by atoms with Crippen LogP contribution in [-0.4, -0.2) is 28.1 Å². The molecular formula is C18H18N4O3. The topological polar surface area (TPSA) is 90.1 Å². The Labute approximate surface area is 145 Å². The van der Waals surface area contributed by atoms with E-state index in [1.165, 1.54) is 0 Å². The van der Waals surface area contributed by atoms with Crippen molar-refractivity contribution in [2.75, 3.05) is 7.11 Å². The molecule has 0 radical (unpaired) electrons. The van der Waals surface area contributed by atoms with Crippen molar-refractivity contribution in [3.05, 3.63) is 60.2 Å². The van der Waals surface area contributed by atoms with Gasteiger partial charge in [0.05, 0.1) is 7.11 Å². The Balaban J connectivity index is 1.52. The molecule has 0 saturated carbocycles. The second-order valence-electron chi connectivity index (χ2n) is 5.38. The summed E-state index contributed by atoms with van der Waals surface area (Å²) in [5.41, 5.74) is 1.80. The first-order chi connectivity index (χ1) is 12.2. The number of methoxy groups -OCH3 is 1. The maximum Gasteiger partial charge on any atom is 0.227 e. The zero-order valence-electron chi connectivity index (χ0n) is 13.8. The SMILES string of the molecule is COc1cccc(-c2noc(CCC(=O)NCc3ccncc3)n2)c1. The third kappa shape index (κ3) is 4.63. The van der Waals surface area contributed by atoms with Crippen molar-refractivity contribution in [2.45, 2.75) is 19.4 Å². The van der Waals surface area contributed by atoms with Gasteiger partial charge >= 0.3 is 0 Å². The van der Waals surface area contributed by atoms with Crippen LogP contribution >= 0.6 is 0 Å². The Morgan fingerprint density at radius 1 is 1.24 bits per heavy atom. The summed E-state index contributed by atoms with van der Waals surface area (Å²) in [4.78, 5) is 20.2. The number of rotatable bonds is 7. The predicted octanol–water partition coefficient (Wildman–Crippen LogP) is 2.39. The number of pyridine rings is 1. The average molecular weight is 338 g/mol. The van der Waals surface area contributed by atoms with Crippen LogP contribution in [0.5, 0.6) is 5.75 Å². The van der Waals surface area contributed by atoms with Gasteiger partial charge in [-0.3, -0.25) is 9.78 Å². The minimum absolute atomic E-state index is 0.0713. The highest BCUT2D eigenvalue weighted by Crippen LogP contribution is 2.21. The first kappa shape index (κ1) is 16.6. The number of nitrogens with one attached hydrogen (secondary N) is 1. The molecule has 3 aromatic rings. The van der Waals surface area contributed by atoms with Crippen LogP contribution in [-0.2, 0) is 17.8 Å². The number of carbonyl (C=O) groups is 1. The van der Waals surface area contributed by atoms with Gasteiger partial charge in [0.2, 0.25) is 17.6 Å². The van der Waals surface area contributed by atoms with Crippen LogP contribution in [0.3, 0.4) is 0 Å². The number of aromatic nitrogens is 3. The lowest BCUT2D eigenvalue weighted by Gasteiger charge is -2.03. The van der Waals surface area contributed by atoms with Crippen LogP contribution in [0.15, 0.2) is 53.3 Å². The summed E-state index contributed by atoms with van der Waals surface area (Å²) in [6, 6.07) is 11.1. The number of ether oxygens (including phenoxy) is 1. The predicted molar refractivity (Wildman–Crippen MR) is 90.7 cm³/mol. The van der Waals surface area contributed by atoms with Crippen LogP contribution in [0.4, 0.5) is 0 Å².